The predicted molar refractivity (Wildman–Crippen MR) is 97.6 cm³/mol. The maximum Gasteiger partial charge on any atom is 0.315 e. The summed E-state index contributed by atoms with van der Waals surface area (Å²) in [6, 6.07) is 7.41. The van der Waals surface area contributed by atoms with Crippen LogP contribution in [0.25, 0.3) is 0 Å². The van der Waals surface area contributed by atoms with Crippen molar-refractivity contribution in [1.29, 1.82) is 0 Å². The molecule has 3 N–H and O–H groups in total. The molecule has 0 unspecified atom stereocenters. The van der Waals surface area contributed by atoms with Crippen molar-refractivity contribution in [3.05, 3.63) is 29.8 Å². The second-order valence-corrected chi connectivity index (χ2v) is 6.52. The number of hydrogen-bond acceptors (Lipinski definition) is 3. The minimum absolute atomic E-state index is 0.00461. The van der Waals surface area contributed by atoms with E-state index in [0.29, 0.717) is 19.0 Å². The molecule has 0 saturated heterocycles. The van der Waals surface area contributed by atoms with Crippen LogP contribution in [0.3, 0.4) is 0 Å². The molecule has 0 aromatic heterocycles. The van der Waals surface area contributed by atoms with E-state index in [1.54, 1.807) is 7.11 Å². The van der Waals surface area contributed by atoms with Crippen molar-refractivity contribution in [2.24, 2.45) is 0 Å². The fourth-order valence-corrected chi connectivity index (χ4v) is 3.19. The molecule has 25 heavy (non-hydrogen) atoms. The summed E-state index contributed by atoms with van der Waals surface area (Å²) in [5, 5.41) is 8.65. The fraction of sp³-hybridized carbons (Fsp3) is 0.579. The van der Waals surface area contributed by atoms with E-state index < -0.39 is 0 Å². The van der Waals surface area contributed by atoms with E-state index in [2.05, 4.69) is 16.0 Å². The van der Waals surface area contributed by atoms with Crippen LogP contribution in [0.1, 0.15) is 57.1 Å². The average Bonchev–Trinajstić information content (AvgIpc) is 2.62. The summed E-state index contributed by atoms with van der Waals surface area (Å²) >= 11 is 0. The van der Waals surface area contributed by atoms with Crippen LogP contribution in [-0.2, 0) is 4.79 Å². The van der Waals surface area contributed by atoms with Crippen molar-refractivity contribution < 1.29 is 14.3 Å². The molecule has 2 rings (SSSR count). The molecule has 1 fully saturated rings. The second kappa shape index (κ2) is 9.91. The number of methoxy groups -OCH3 is 1. The number of amides is 3. The van der Waals surface area contributed by atoms with Gasteiger partial charge in [0.1, 0.15) is 5.75 Å². The lowest BCUT2D eigenvalue weighted by atomic mass is 9.95. The maximum absolute atomic E-state index is 12.0. The zero-order valence-electron chi connectivity index (χ0n) is 15.1. The molecule has 3 amide bonds. The quantitative estimate of drug-likeness (QED) is 0.709. The van der Waals surface area contributed by atoms with E-state index in [1.807, 2.05) is 31.2 Å². The van der Waals surface area contributed by atoms with Gasteiger partial charge in [0.25, 0.3) is 0 Å². The van der Waals surface area contributed by atoms with Crippen LogP contribution in [0.2, 0.25) is 0 Å². The van der Waals surface area contributed by atoms with Crippen LogP contribution in [0.15, 0.2) is 24.3 Å². The molecular formula is C19H29N3O3. The Balaban J connectivity index is 1.68. The summed E-state index contributed by atoms with van der Waals surface area (Å²) in [5.74, 6) is 0.743. The number of ether oxygens (including phenoxy) is 1. The highest BCUT2D eigenvalue weighted by Gasteiger charge is 2.16. The third-order valence-electron chi connectivity index (χ3n) is 4.56. The highest BCUT2D eigenvalue weighted by atomic mass is 16.5. The normalized spacial score (nSPS) is 15.9. The van der Waals surface area contributed by atoms with Gasteiger partial charge >= 0.3 is 6.03 Å². The zero-order chi connectivity index (χ0) is 18.1. The van der Waals surface area contributed by atoms with Crippen molar-refractivity contribution in [2.45, 2.75) is 57.5 Å². The number of carbonyl (C=O) groups excluding carboxylic acids is 2. The van der Waals surface area contributed by atoms with E-state index in [-0.39, 0.29) is 18.0 Å². The Labute approximate surface area is 149 Å². The lowest BCUT2D eigenvalue weighted by Gasteiger charge is -2.22. The summed E-state index contributed by atoms with van der Waals surface area (Å²) in [4.78, 5) is 23.9. The number of nitrogens with one attached hydrogen (secondary N) is 3. The Morgan fingerprint density at radius 2 is 1.92 bits per heavy atom. The van der Waals surface area contributed by atoms with Crippen LogP contribution < -0.4 is 20.7 Å². The van der Waals surface area contributed by atoms with Gasteiger partial charge in [-0.1, -0.05) is 37.5 Å². The van der Waals surface area contributed by atoms with Gasteiger partial charge in [0.2, 0.25) is 5.91 Å². The minimum Gasteiger partial charge on any atom is -0.496 e. The largest absolute Gasteiger partial charge is 0.496 e. The Kier molecular flexibility index (Phi) is 7.57. The molecule has 0 aliphatic heterocycles. The van der Waals surface area contributed by atoms with Crippen molar-refractivity contribution in [2.75, 3.05) is 13.7 Å². The summed E-state index contributed by atoms with van der Waals surface area (Å²) in [7, 11) is 1.61. The average molecular weight is 347 g/mol. The van der Waals surface area contributed by atoms with Crippen LogP contribution >= 0.6 is 0 Å². The number of urea groups is 1. The number of rotatable bonds is 7. The number of para-hydroxylation sites is 1. The zero-order valence-corrected chi connectivity index (χ0v) is 15.1. The van der Waals surface area contributed by atoms with Crippen LogP contribution in [0.5, 0.6) is 5.75 Å². The summed E-state index contributed by atoms with van der Waals surface area (Å²) in [6.07, 6.45) is 6.07. The van der Waals surface area contributed by atoms with E-state index >= 15 is 0 Å². The van der Waals surface area contributed by atoms with Crippen LogP contribution in [0, 0.1) is 0 Å². The van der Waals surface area contributed by atoms with E-state index in [4.69, 9.17) is 4.74 Å². The highest BCUT2D eigenvalue weighted by molar-refractivity contribution is 5.78. The van der Waals surface area contributed by atoms with Gasteiger partial charge in [-0.25, -0.2) is 4.79 Å². The molecular weight excluding hydrogens is 318 g/mol. The van der Waals surface area contributed by atoms with Gasteiger partial charge in [0, 0.05) is 24.6 Å². The molecule has 0 heterocycles. The lowest BCUT2D eigenvalue weighted by Crippen LogP contribution is -2.41. The van der Waals surface area contributed by atoms with Gasteiger partial charge in [-0.2, -0.15) is 0 Å². The third kappa shape index (κ3) is 6.29. The molecule has 0 radical (unpaired) electrons. The lowest BCUT2D eigenvalue weighted by molar-refractivity contribution is -0.121. The van der Waals surface area contributed by atoms with Crippen LogP contribution in [-0.4, -0.2) is 31.6 Å². The first-order valence-corrected chi connectivity index (χ1v) is 9.06. The van der Waals surface area contributed by atoms with Crippen molar-refractivity contribution in [1.82, 2.24) is 16.0 Å². The first-order chi connectivity index (χ1) is 12.1. The molecule has 138 valence electrons. The van der Waals surface area contributed by atoms with Crippen molar-refractivity contribution in [3.63, 3.8) is 0 Å². The maximum atomic E-state index is 12.0. The highest BCUT2D eigenvalue weighted by Crippen LogP contribution is 2.24. The topological polar surface area (TPSA) is 79.5 Å². The molecule has 1 atom stereocenters. The van der Waals surface area contributed by atoms with Crippen molar-refractivity contribution in [3.8, 4) is 5.75 Å². The standard InChI is InChI=1S/C19H29N3O3/c1-14(16-10-6-7-11-17(16)25-2)21-19(24)20-13-12-18(23)22-15-8-4-3-5-9-15/h6-7,10-11,14-15H,3-5,8-9,12-13H2,1-2H3,(H,22,23)(H2,20,21,24)/t14-/m1/s1. The van der Waals surface area contributed by atoms with Gasteiger partial charge in [0.15, 0.2) is 0 Å². The Bertz CT molecular complexity index is 571. The molecule has 0 bridgehead atoms. The summed E-state index contributed by atoms with van der Waals surface area (Å²) in [6.45, 7) is 2.22. The number of carbonyl (C=O) groups is 2. The Hall–Kier alpha value is -2.24. The molecule has 1 aliphatic carbocycles. The SMILES string of the molecule is COc1ccccc1[C@@H](C)NC(=O)NCCC(=O)NC1CCCCC1. The van der Waals surface area contributed by atoms with Gasteiger partial charge in [-0.15, -0.1) is 0 Å². The number of hydrogen-bond donors (Lipinski definition) is 3. The molecule has 0 spiro atoms. The molecule has 6 nitrogen and oxygen atoms in total. The first kappa shape index (κ1) is 19.1. The number of benzene rings is 1. The van der Waals surface area contributed by atoms with Gasteiger partial charge in [-0.3, -0.25) is 4.79 Å². The molecule has 1 aromatic rings. The van der Waals surface area contributed by atoms with Gasteiger partial charge in [-0.05, 0) is 25.8 Å². The molecule has 6 heteroatoms. The van der Waals surface area contributed by atoms with Crippen molar-refractivity contribution >= 4 is 11.9 Å². The third-order valence-corrected chi connectivity index (χ3v) is 4.56. The Morgan fingerprint density at radius 3 is 2.64 bits per heavy atom. The minimum atomic E-state index is -0.288. The Morgan fingerprint density at radius 1 is 1.20 bits per heavy atom. The molecule has 1 saturated carbocycles. The predicted octanol–water partition coefficient (Wildman–Crippen LogP) is 2.89. The van der Waals surface area contributed by atoms with Gasteiger partial charge < -0.3 is 20.7 Å². The summed E-state index contributed by atoms with van der Waals surface area (Å²) < 4.78 is 5.31. The smallest absolute Gasteiger partial charge is 0.315 e. The van der Waals surface area contributed by atoms with Crippen LogP contribution in [0.4, 0.5) is 4.79 Å². The fourth-order valence-electron chi connectivity index (χ4n) is 3.19. The first-order valence-electron chi connectivity index (χ1n) is 9.06. The monoisotopic (exact) mass is 347 g/mol. The van der Waals surface area contributed by atoms with E-state index in [1.165, 1.54) is 19.3 Å². The van der Waals surface area contributed by atoms with E-state index in [0.717, 1.165) is 24.2 Å². The summed E-state index contributed by atoms with van der Waals surface area (Å²) in [5.41, 5.74) is 0.912. The van der Waals surface area contributed by atoms with E-state index in [9.17, 15) is 9.59 Å². The second-order valence-electron chi connectivity index (χ2n) is 6.52. The molecule has 1 aromatic carbocycles. The van der Waals surface area contributed by atoms with Gasteiger partial charge in [0.05, 0.1) is 13.2 Å². The molecule has 1 aliphatic rings.